The fourth-order valence-corrected chi connectivity index (χ4v) is 9.01. The number of nitrogens with zero attached hydrogens (tertiary/aromatic N) is 1. The van der Waals surface area contributed by atoms with Gasteiger partial charge in [0, 0.05) is 6.89 Å². The molecule has 0 aromatic heterocycles. The van der Waals surface area contributed by atoms with Gasteiger partial charge in [-0.3, -0.25) is 4.79 Å². The van der Waals surface area contributed by atoms with E-state index in [4.69, 9.17) is 12.6 Å². The molecule has 3 aromatic carbocycles. The number of β-lactam (4-membered cyclic amide) rings is 1. The Kier molecular flexibility index (Phi) is 7.74. The maximum absolute atomic E-state index is 12.8. The third kappa shape index (κ3) is 4.02. The minimum atomic E-state index is -2.91. The molecule has 8 heteroatoms. The van der Waals surface area contributed by atoms with Crippen molar-refractivity contribution in [1.82, 2.24) is 4.90 Å². The fraction of sp³-hybridized carbons (Fsp3) is 0.0870. The molecule has 0 radical (unpaired) electrons. The van der Waals surface area contributed by atoms with Crippen LogP contribution in [0, 0.1) is 0 Å². The zero-order valence-corrected chi connectivity index (χ0v) is 20.8. The number of carboxylic acids is 1. The average Bonchev–Trinajstić information content (AvgIpc) is 2.80. The first-order chi connectivity index (χ1) is 14.5. The summed E-state index contributed by atoms with van der Waals surface area (Å²) >= 11 is 8.79. The van der Waals surface area contributed by atoms with E-state index < -0.39 is 23.1 Å². The second kappa shape index (κ2) is 9.95. The molecule has 1 aliphatic rings. The number of carboxylic acid groups (broad SMARTS) is 1. The standard InChI is InChI=1S/C23H19BrNO3PS.Ag/c24-19-20(26)25(22(19)30)21(23(27)28)29(16-10-4-1-5-11-16,17-12-6-2-7-13-17)18-14-8-3-9-15-18;/h1-15,19,22,30H,(H,27,28);/q;+1/p-1. The molecule has 162 valence electrons. The van der Waals surface area contributed by atoms with E-state index in [1.165, 1.54) is 4.90 Å². The zero-order valence-electron chi connectivity index (χ0n) is 16.1. The predicted molar refractivity (Wildman–Crippen MR) is 129 cm³/mol. The number of hydrogen-bond acceptors (Lipinski definition) is 3. The van der Waals surface area contributed by atoms with Crippen molar-refractivity contribution in [3.63, 3.8) is 0 Å². The van der Waals surface area contributed by atoms with Gasteiger partial charge in [0.05, 0.1) is 4.83 Å². The largest absolute Gasteiger partial charge is 1.00 e. The van der Waals surface area contributed by atoms with Gasteiger partial charge in [-0.25, -0.2) is 4.79 Å². The van der Waals surface area contributed by atoms with Crippen molar-refractivity contribution >= 4 is 68.7 Å². The summed E-state index contributed by atoms with van der Waals surface area (Å²) < 4.78 is 0. The Morgan fingerprint density at radius 3 is 1.48 bits per heavy atom. The number of carbonyl (C=O) groups excluding carboxylic acids is 1. The molecule has 2 unspecified atom stereocenters. The fourth-order valence-electron chi connectivity index (χ4n) is 3.83. The summed E-state index contributed by atoms with van der Waals surface area (Å²) in [7, 11) is 0. The van der Waals surface area contributed by atoms with Gasteiger partial charge in [0.2, 0.25) is 5.91 Å². The molecule has 0 saturated carbocycles. The van der Waals surface area contributed by atoms with E-state index >= 15 is 0 Å². The van der Waals surface area contributed by atoms with E-state index in [2.05, 4.69) is 15.9 Å². The quantitative estimate of drug-likeness (QED) is 0.160. The average molecular weight is 607 g/mol. The smallest absolute Gasteiger partial charge is 0.766 e. The normalized spacial score (nSPS) is 18.0. The van der Waals surface area contributed by atoms with Gasteiger partial charge in [0.1, 0.15) is 5.42 Å². The Bertz CT molecular complexity index is 1040. The zero-order chi connectivity index (χ0) is 21.3. The van der Waals surface area contributed by atoms with Gasteiger partial charge in [0.15, 0.2) is 0 Å². The van der Waals surface area contributed by atoms with Crippen LogP contribution < -0.4 is 15.9 Å². The Morgan fingerprint density at radius 1 is 0.839 bits per heavy atom. The van der Waals surface area contributed by atoms with Crippen molar-refractivity contribution in [3.8, 4) is 0 Å². The van der Waals surface area contributed by atoms with Crippen LogP contribution in [0.25, 0.3) is 0 Å². The van der Waals surface area contributed by atoms with E-state index in [-0.39, 0.29) is 33.7 Å². The van der Waals surface area contributed by atoms with E-state index in [9.17, 15) is 14.7 Å². The van der Waals surface area contributed by atoms with Gasteiger partial charge in [0.25, 0.3) is 0 Å². The van der Waals surface area contributed by atoms with Crippen LogP contribution in [-0.4, -0.2) is 37.5 Å². The second-order valence-corrected chi connectivity index (χ2v) is 11.6. The van der Waals surface area contributed by atoms with Crippen molar-refractivity contribution in [2.24, 2.45) is 0 Å². The molecule has 1 amide bonds. The van der Waals surface area contributed by atoms with Crippen molar-refractivity contribution in [2.45, 2.75) is 10.2 Å². The van der Waals surface area contributed by atoms with Gasteiger partial charge in [-0.15, -0.1) is 0 Å². The summed E-state index contributed by atoms with van der Waals surface area (Å²) in [6.45, 7) is -2.91. The van der Waals surface area contributed by atoms with Crippen LogP contribution in [-0.2, 0) is 44.6 Å². The molecule has 1 saturated heterocycles. The third-order valence-electron chi connectivity index (χ3n) is 5.15. The van der Waals surface area contributed by atoms with Crippen LogP contribution in [0.2, 0.25) is 0 Å². The molecule has 4 nitrogen and oxygen atoms in total. The van der Waals surface area contributed by atoms with E-state index in [0.29, 0.717) is 0 Å². The molecule has 2 atom stereocenters. The molecule has 4 rings (SSSR count). The van der Waals surface area contributed by atoms with Crippen molar-refractivity contribution < 1.29 is 37.1 Å². The molecule has 0 bridgehead atoms. The van der Waals surface area contributed by atoms with Crippen LogP contribution in [0.15, 0.2) is 91.0 Å². The first kappa shape index (κ1) is 24.1. The summed E-state index contributed by atoms with van der Waals surface area (Å²) in [6.07, 6.45) is 0. The summed E-state index contributed by atoms with van der Waals surface area (Å²) in [4.78, 5) is 26.4. The van der Waals surface area contributed by atoms with Crippen molar-refractivity contribution in [3.05, 3.63) is 91.0 Å². The molecule has 1 heterocycles. The minimum absolute atomic E-state index is 0. The topological polar surface area (TPSA) is 57.6 Å². The summed E-state index contributed by atoms with van der Waals surface area (Å²) in [5.41, 5.74) is 0.0480. The van der Waals surface area contributed by atoms with Crippen LogP contribution in [0.3, 0.4) is 0 Å². The molecular formula is C23H18AgBrNO3PS. The van der Waals surface area contributed by atoms with Crippen LogP contribution in [0.4, 0.5) is 0 Å². The molecule has 0 aliphatic carbocycles. The summed E-state index contributed by atoms with van der Waals surface area (Å²) in [5, 5.41) is 12.4. The number of benzene rings is 3. The maximum atomic E-state index is 12.8. The van der Waals surface area contributed by atoms with E-state index in [1.807, 2.05) is 91.0 Å². The minimum Gasteiger partial charge on any atom is -0.766 e. The number of amides is 1. The molecule has 1 fully saturated rings. The van der Waals surface area contributed by atoms with E-state index in [0.717, 1.165) is 15.9 Å². The first-order valence-corrected chi connectivity index (χ1v) is 12.5. The molecular weight excluding hydrogens is 589 g/mol. The molecule has 31 heavy (non-hydrogen) atoms. The van der Waals surface area contributed by atoms with Crippen molar-refractivity contribution in [2.75, 3.05) is 0 Å². The first-order valence-electron chi connectivity index (χ1n) is 9.29. The Balaban J connectivity index is 0.00000272. The predicted octanol–water partition coefficient (Wildman–Crippen LogP) is 2.67. The maximum Gasteiger partial charge on any atom is 1.00 e. The third-order valence-corrected chi connectivity index (χ3v) is 11.1. The van der Waals surface area contributed by atoms with Crippen LogP contribution >= 0.6 is 22.8 Å². The van der Waals surface area contributed by atoms with E-state index in [1.54, 1.807) is 0 Å². The number of likely N-dealkylation sites (tertiary alicyclic amines) is 1. The molecule has 3 aromatic rings. The molecule has 1 N–H and O–H groups in total. The van der Waals surface area contributed by atoms with Gasteiger partial charge in [-0.05, 0) is 15.9 Å². The number of aliphatic carboxylic acids is 1. The number of hydrogen-bond donors (Lipinski definition) is 1. The number of alkyl halides is 1. The van der Waals surface area contributed by atoms with Crippen LogP contribution in [0.1, 0.15) is 0 Å². The van der Waals surface area contributed by atoms with Gasteiger partial charge < -0.3 is 22.6 Å². The Morgan fingerprint density at radius 2 is 1.19 bits per heavy atom. The van der Waals surface area contributed by atoms with Crippen molar-refractivity contribution in [1.29, 1.82) is 0 Å². The Labute approximate surface area is 210 Å². The summed E-state index contributed by atoms with van der Waals surface area (Å²) in [6, 6.07) is 28.7. The Hall–Kier alpha value is -1.53. The van der Waals surface area contributed by atoms with Gasteiger partial charge in [-0.2, -0.15) is 0 Å². The molecule has 1 aliphatic heterocycles. The van der Waals surface area contributed by atoms with Crippen LogP contribution in [0.5, 0.6) is 0 Å². The van der Waals surface area contributed by atoms with Gasteiger partial charge in [-0.1, -0.05) is 112 Å². The van der Waals surface area contributed by atoms with Gasteiger partial charge >= 0.3 is 28.3 Å². The second-order valence-electron chi connectivity index (χ2n) is 6.81. The monoisotopic (exact) mass is 605 g/mol. The number of rotatable bonds is 5. The molecule has 0 spiro atoms. The number of halogens is 1. The SMILES string of the molecule is O=C(O)C(N1C(=O)C(Br)C1[S-])=P(c1ccccc1)(c1ccccc1)c1ccccc1.[Ag+]. The number of carbonyl (C=O) groups is 2. The summed E-state index contributed by atoms with van der Waals surface area (Å²) in [5.74, 6) is -1.46.